The maximum atomic E-state index is 13.8. The second-order valence-corrected chi connectivity index (χ2v) is 4.72. The molecule has 0 saturated carbocycles. The molecule has 17 heavy (non-hydrogen) atoms. The molecule has 2 aromatic carbocycles. The van der Waals surface area contributed by atoms with E-state index in [1.807, 2.05) is 0 Å². The molecule has 0 heterocycles. The first-order chi connectivity index (χ1) is 8.00. The minimum atomic E-state index is -0.661. The lowest BCUT2D eigenvalue weighted by atomic mass is 10.0. The van der Waals surface area contributed by atoms with Crippen molar-refractivity contribution >= 4 is 33.2 Å². The summed E-state index contributed by atoms with van der Waals surface area (Å²) >= 11 is 8.84. The summed E-state index contributed by atoms with van der Waals surface area (Å²) in [7, 11) is 0. The van der Waals surface area contributed by atoms with Crippen molar-refractivity contribution in [2.75, 3.05) is 5.73 Å². The highest BCUT2D eigenvalue weighted by molar-refractivity contribution is 9.10. The van der Waals surface area contributed by atoms with E-state index in [-0.39, 0.29) is 15.1 Å². The van der Waals surface area contributed by atoms with Gasteiger partial charge >= 0.3 is 0 Å². The van der Waals surface area contributed by atoms with Crippen LogP contribution in [0.4, 0.5) is 14.5 Å². The van der Waals surface area contributed by atoms with Crippen LogP contribution in [0.25, 0.3) is 11.1 Å². The Morgan fingerprint density at radius 1 is 1.12 bits per heavy atom. The maximum Gasteiger partial charge on any atom is 0.148 e. The van der Waals surface area contributed by atoms with Crippen LogP contribution in [0, 0.1) is 11.6 Å². The van der Waals surface area contributed by atoms with Gasteiger partial charge in [-0.15, -0.1) is 0 Å². The summed E-state index contributed by atoms with van der Waals surface area (Å²) in [5, 5.41) is 0.265. The molecule has 2 aromatic rings. The van der Waals surface area contributed by atoms with Gasteiger partial charge in [0.1, 0.15) is 11.6 Å². The average Bonchev–Trinajstić information content (AvgIpc) is 2.29. The van der Waals surface area contributed by atoms with Gasteiger partial charge in [0, 0.05) is 0 Å². The van der Waals surface area contributed by atoms with Gasteiger partial charge in [-0.2, -0.15) is 0 Å². The Morgan fingerprint density at radius 2 is 1.82 bits per heavy atom. The number of anilines is 1. The van der Waals surface area contributed by atoms with E-state index < -0.39 is 11.6 Å². The SMILES string of the molecule is Nc1ccc(-c2c(F)ccc(Br)c2F)cc1Cl. The van der Waals surface area contributed by atoms with Crippen molar-refractivity contribution in [1.82, 2.24) is 0 Å². The smallest absolute Gasteiger partial charge is 0.148 e. The summed E-state index contributed by atoms with van der Waals surface area (Å²) in [6, 6.07) is 6.97. The van der Waals surface area contributed by atoms with Crippen LogP contribution >= 0.6 is 27.5 Å². The van der Waals surface area contributed by atoms with Gasteiger partial charge in [-0.1, -0.05) is 17.7 Å². The number of halogens is 4. The van der Waals surface area contributed by atoms with Crippen LogP contribution in [0.1, 0.15) is 0 Å². The zero-order valence-corrected chi connectivity index (χ0v) is 10.8. The van der Waals surface area contributed by atoms with Crippen molar-refractivity contribution in [3.05, 3.63) is 51.5 Å². The molecule has 0 aliphatic rings. The lowest BCUT2D eigenvalue weighted by Gasteiger charge is -2.08. The third-order valence-corrected chi connectivity index (χ3v) is 3.27. The largest absolute Gasteiger partial charge is 0.398 e. The fourth-order valence-corrected chi connectivity index (χ4v) is 1.99. The van der Waals surface area contributed by atoms with E-state index in [0.717, 1.165) is 0 Å². The summed E-state index contributed by atoms with van der Waals surface area (Å²) < 4.78 is 27.6. The number of nitrogen functional groups attached to an aromatic ring is 1. The standard InChI is InChI=1S/C12H7BrClF2N/c13-7-2-3-9(15)11(12(7)16)6-1-4-10(17)8(14)5-6/h1-5H,17H2. The van der Waals surface area contributed by atoms with Crippen molar-refractivity contribution < 1.29 is 8.78 Å². The van der Waals surface area contributed by atoms with Gasteiger partial charge in [-0.3, -0.25) is 0 Å². The summed E-state index contributed by atoms with van der Waals surface area (Å²) in [6.07, 6.45) is 0. The van der Waals surface area contributed by atoms with Crippen molar-refractivity contribution in [2.24, 2.45) is 0 Å². The Morgan fingerprint density at radius 3 is 2.47 bits per heavy atom. The molecule has 0 aromatic heterocycles. The van der Waals surface area contributed by atoms with E-state index in [2.05, 4.69) is 15.9 Å². The maximum absolute atomic E-state index is 13.8. The molecule has 0 bridgehead atoms. The normalized spacial score (nSPS) is 10.6. The highest BCUT2D eigenvalue weighted by Gasteiger charge is 2.15. The van der Waals surface area contributed by atoms with Gasteiger partial charge in [0.05, 0.1) is 20.7 Å². The monoisotopic (exact) mass is 317 g/mol. The molecule has 2 rings (SSSR count). The Kier molecular flexibility index (Phi) is 3.35. The Bertz CT molecular complexity index is 587. The first kappa shape index (κ1) is 12.3. The zero-order chi connectivity index (χ0) is 12.6. The highest BCUT2D eigenvalue weighted by atomic mass is 79.9. The minimum Gasteiger partial charge on any atom is -0.398 e. The molecule has 0 atom stereocenters. The van der Waals surface area contributed by atoms with Crippen molar-refractivity contribution in [3.63, 3.8) is 0 Å². The molecule has 5 heteroatoms. The second kappa shape index (κ2) is 4.63. The Hall–Kier alpha value is -1.13. The van der Waals surface area contributed by atoms with Crippen LogP contribution in [-0.2, 0) is 0 Å². The van der Waals surface area contributed by atoms with Gasteiger partial charge in [0.25, 0.3) is 0 Å². The van der Waals surface area contributed by atoms with Crippen LogP contribution in [0.3, 0.4) is 0 Å². The van der Waals surface area contributed by atoms with E-state index in [1.54, 1.807) is 0 Å². The van der Waals surface area contributed by atoms with Crippen molar-refractivity contribution in [1.29, 1.82) is 0 Å². The first-order valence-corrected chi connectivity index (χ1v) is 5.86. The van der Waals surface area contributed by atoms with E-state index in [1.165, 1.54) is 30.3 Å². The number of rotatable bonds is 1. The summed E-state index contributed by atoms with van der Waals surface area (Å²) in [4.78, 5) is 0. The Labute approximate surface area is 110 Å². The lowest BCUT2D eigenvalue weighted by molar-refractivity contribution is 0.585. The molecule has 0 amide bonds. The van der Waals surface area contributed by atoms with Crippen molar-refractivity contribution in [2.45, 2.75) is 0 Å². The molecule has 0 saturated heterocycles. The van der Waals surface area contributed by atoms with E-state index >= 15 is 0 Å². The van der Waals surface area contributed by atoms with E-state index in [0.29, 0.717) is 11.3 Å². The molecule has 0 aliphatic heterocycles. The quantitative estimate of drug-likeness (QED) is 0.602. The zero-order valence-electron chi connectivity index (χ0n) is 8.48. The van der Waals surface area contributed by atoms with Crippen LogP contribution < -0.4 is 5.73 Å². The van der Waals surface area contributed by atoms with Crippen LogP contribution in [0.5, 0.6) is 0 Å². The Balaban J connectivity index is 2.68. The minimum absolute atomic E-state index is 0.124. The predicted octanol–water partition coefficient (Wildman–Crippen LogP) is 4.63. The third kappa shape index (κ3) is 2.28. The molecular formula is C12H7BrClF2N. The predicted molar refractivity (Wildman–Crippen MR) is 68.9 cm³/mol. The molecule has 88 valence electrons. The fraction of sp³-hybridized carbons (Fsp3) is 0. The van der Waals surface area contributed by atoms with Gasteiger partial charge in [0.15, 0.2) is 0 Å². The lowest BCUT2D eigenvalue weighted by Crippen LogP contribution is -1.93. The molecule has 2 N–H and O–H groups in total. The topological polar surface area (TPSA) is 26.0 Å². The van der Waals surface area contributed by atoms with Crippen LogP contribution in [0.2, 0.25) is 5.02 Å². The molecule has 0 aliphatic carbocycles. The highest BCUT2D eigenvalue weighted by Crippen LogP contribution is 2.33. The van der Waals surface area contributed by atoms with E-state index in [9.17, 15) is 8.78 Å². The third-order valence-electron chi connectivity index (χ3n) is 2.33. The van der Waals surface area contributed by atoms with Gasteiger partial charge < -0.3 is 5.73 Å². The number of hydrogen-bond acceptors (Lipinski definition) is 1. The van der Waals surface area contributed by atoms with Gasteiger partial charge in [0.2, 0.25) is 0 Å². The molecule has 0 fully saturated rings. The summed E-state index contributed by atoms with van der Waals surface area (Å²) in [6.45, 7) is 0. The summed E-state index contributed by atoms with van der Waals surface area (Å²) in [5.41, 5.74) is 6.13. The first-order valence-electron chi connectivity index (χ1n) is 4.69. The second-order valence-electron chi connectivity index (χ2n) is 3.45. The van der Waals surface area contributed by atoms with Gasteiger partial charge in [-0.05, 0) is 45.8 Å². The number of benzene rings is 2. The molecule has 0 unspecified atom stereocenters. The fourth-order valence-electron chi connectivity index (χ4n) is 1.47. The van der Waals surface area contributed by atoms with Crippen LogP contribution in [0.15, 0.2) is 34.8 Å². The average molecular weight is 319 g/mol. The molecule has 0 radical (unpaired) electrons. The van der Waals surface area contributed by atoms with Gasteiger partial charge in [-0.25, -0.2) is 8.78 Å². The van der Waals surface area contributed by atoms with E-state index in [4.69, 9.17) is 17.3 Å². The van der Waals surface area contributed by atoms with Crippen LogP contribution in [-0.4, -0.2) is 0 Å². The molecule has 0 spiro atoms. The molecular weight excluding hydrogens is 311 g/mol. The molecule has 1 nitrogen and oxygen atoms in total. The number of nitrogens with two attached hydrogens (primary N) is 1. The van der Waals surface area contributed by atoms with Crippen molar-refractivity contribution in [3.8, 4) is 11.1 Å². The summed E-state index contributed by atoms with van der Waals surface area (Å²) in [5.74, 6) is -1.31. The number of hydrogen-bond donors (Lipinski definition) is 1.